The lowest BCUT2D eigenvalue weighted by atomic mass is 9.90. The molecule has 0 bridgehead atoms. The highest BCUT2D eigenvalue weighted by molar-refractivity contribution is 6.74. The van der Waals surface area contributed by atoms with Crippen LogP contribution in [0.15, 0.2) is 84.9 Å². The van der Waals surface area contributed by atoms with Crippen LogP contribution < -0.4 is 24.7 Å². The number of ether oxygens (including phenoxy) is 4. The Balaban J connectivity index is 0.000000302. The lowest BCUT2D eigenvalue weighted by molar-refractivity contribution is -0.109. The maximum absolute atomic E-state index is 12.9. The van der Waals surface area contributed by atoms with E-state index in [0.717, 1.165) is 48.8 Å². The van der Waals surface area contributed by atoms with Crippen molar-refractivity contribution >= 4 is 32.5 Å². The van der Waals surface area contributed by atoms with E-state index in [1.54, 1.807) is 42.5 Å². The van der Waals surface area contributed by atoms with Gasteiger partial charge in [-0.1, -0.05) is 71.4 Å². The number of nitriles is 2. The van der Waals surface area contributed by atoms with Crippen LogP contribution in [-0.4, -0.2) is 101 Å². The fourth-order valence-corrected chi connectivity index (χ4v) is 9.17. The molecule has 0 aromatic heterocycles. The third-order valence-corrected chi connectivity index (χ3v) is 18.1. The molecule has 0 aliphatic heterocycles. The van der Waals surface area contributed by atoms with E-state index in [-0.39, 0.29) is 55.1 Å². The standard InChI is InChI=1S/C28H36N2O4.C14H18O2.C12H14N2O2.C8H18O2Si/c1-21(2)34-28-13-10-24(16-25(28)17-29)27(32)19-30(14-15-31)18-22-8-11-26(12-9-22)33-20-23-6-4-3-5-7-23;15-10-12-6-8-14(9-7-12)16-11-13-4-2-1-3-5-13;1-8(2)16-12-4-3-9(11(15)7-14)5-10(12)6-13;1-8(2,3)11(4,5)10-7-6-9/h8-13,16,21,23,31H,3-7,14-15,18-20H2,1-2H3;6-10,13H,1-5,11H2;3-5,8H,7,14H2,1-2H3;6H,7H2,1-5H3. The Morgan fingerprint density at radius 2 is 1.17 bits per heavy atom. The average Bonchev–Trinajstić information content (AvgIpc) is 3.42. The van der Waals surface area contributed by atoms with Crippen LogP contribution in [-0.2, 0) is 15.8 Å². The zero-order valence-electron chi connectivity index (χ0n) is 47.3. The van der Waals surface area contributed by atoms with Crippen LogP contribution in [0, 0.1) is 34.5 Å². The van der Waals surface area contributed by atoms with E-state index in [0.29, 0.717) is 58.3 Å². The number of aldehydes is 2. The Morgan fingerprint density at radius 3 is 1.56 bits per heavy atom. The molecule has 418 valence electrons. The van der Waals surface area contributed by atoms with E-state index in [9.17, 15) is 29.5 Å². The monoisotopic (exact) mass is 1070 g/mol. The van der Waals surface area contributed by atoms with Crippen LogP contribution in [0.1, 0.15) is 160 Å². The topological polar surface area (TPSA) is 212 Å². The summed E-state index contributed by atoms with van der Waals surface area (Å²) >= 11 is 0. The molecule has 4 aromatic rings. The highest BCUT2D eigenvalue weighted by atomic mass is 28.4. The lowest BCUT2D eigenvalue weighted by Gasteiger charge is -2.35. The smallest absolute Gasteiger partial charge is 0.192 e. The van der Waals surface area contributed by atoms with E-state index < -0.39 is 8.32 Å². The minimum Gasteiger partial charge on any atom is -0.493 e. The van der Waals surface area contributed by atoms with Crippen molar-refractivity contribution in [3.63, 3.8) is 0 Å². The SMILES string of the molecule is CC(C)(C)[Si](C)(C)OCC=O.CC(C)Oc1ccc(C(=O)CN(CCO)Cc2ccc(OCC3CCCCC3)cc2)cc1C#N.CC(C)Oc1ccc(C(=O)CN)cc1C#N.O=Cc1ccc(OCC2CCCCC2)cc1. The zero-order chi connectivity index (χ0) is 56.8. The molecule has 0 saturated heterocycles. The van der Waals surface area contributed by atoms with Crippen LogP contribution in [0.25, 0.3) is 0 Å². The predicted octanol–water partition coefficient (Wildman–Crippen LogP) is 12.1. The Kier molecular flexibility index (Phi) is 29.2. The van der Waals surface area contributed by atoms with Gasteiger partial charge in [-0.05, 0) is 162 Å². The molecule has 0 unspecified atom stereocenters. The minimum atomic E-state index is -1.66. The molecule has 2 fully saturated rings. The van der Waals surface area contributed by atoms with Crippen molar-refractivity contribution in [2.45, 2.75) is 150 Å². The number of nitrogens with two attached hydrogens (primary N) is 1. The third-order valence-electron chi connectivity index (χ3n) is 13.6. The number of carbonyl (C=O) groups excluding carboxylic acids is 4. The summed E-state index contributed by atoms with van der Waals surface area (Å²) in [5, 5.41) is 28.1. The van der Waals surface area contributed by atoms with Crippen LogP contribution in [0.3, 0.4) is 0 Å². The van der Waals surface area contributed by atoms with Crippen LogP contribution >= 0.6 is 0 Å². The molecule has 2 saturated carbocycles. The quantitative estimate of drug-likeness (QED) is 0.0402. The first kappa shape index (κ1) is 65.1. The number of hydrogen-bond donors (Lipinski definition) is 2. The summed E-state index contributed by atoms with van der Waals surface area (Å²) in [5.41, 5.74) is 8.60. The largest absolute Gasteiger partial charge is 0.493 e. The fraction of sp³-hybridized carbons (Fsp3) is 0.516. The number of aliphatic hydroxyl groups is 1. The second kappa shape index (κ2) is 34.5. The van der Waals surface area contributed by atoms with Gasteiger partial charge in [-0.15, -0.1) is 0 Å². The van der Waals surface area contributed by atoms with Crippen molar-refractivity contribution in [3.8, 4) is 35.1 Å². The maximum Gasteiger partial charge on any atom is 0.192 e. The Labute approximate surface area is 460 Å². The molecule has 2 aliphatic rings. The van der Waals surface area contributed by atoms with Crippen molar-refractivity contribution in [2.75, 3.05) is 46.1 Å². The molecule has 0 amide bonds. The Morgan fingerprint density at radius 1 is 0.714 bits per heavy atom. The first-order chi connectivity index (χ1) is 36.7. The highest BCUT2D eigenvalue weighted by Crippen LogP contribution is 2.36. The number of hydrogen-bond acceptors (Lipinski definition) is 14. The number of ketones is 2. The van der Waals surface area contributed by atoms with Gasteiger partial charge in [0.25, 0.3) is 0 Å². The van der Waals surface area contributed by atoms with Gasteiger partial charge in [0, 0.05) is 29.8 Å². The molecule has 0 radical (unpaired) electrons. The summed E-state index contributed by atoms with van der Waals surface area (Å²) < 4.78 is 28.3. The van der Waals surface area contributed by atoms with Crippen molar-refractivity contribution in [2.24, 2.45) is 17.6 Å². The Hall–Kier alpha value is -6.20. The summed E-state index contributed by atoms with van der Waals surface area (Å²) in [6, 6.07) is 29.1. The average molecular weight is 1080 g/mol. The summed E-state index contributed by atoms with van der Waals surface area (Å²) in [4.78, 5) is 46.7. The second-order valence-corrected chi connectivity index (χ2v) is 26.5. The molecule has 3 N–H and O–H groups in total. The number of nitrogens with zero attached hydrogens (tertiary/aromatic N) is 3. The first-order valence-electron chi connectivity index (χ1n) is 27.2. The molecule has 14 nitrogen and oxygen atoms in total. The second-order valence-electron chi connectivity index (χ2n) is 21.7. The number of aliphatic hydroxyl groups excluding tert-OH is 1. The van der Waals surface area contributed by atoms with Gasteiger partial charge < -0.3 is 39.0 Å². The van der Waals surface area contributed by atoms with Gasteiger partial charge in [-0.3, -0.25) is 19.3 Å². The Bertz CT molecular complexity index is 2480. The van der Waals surface area contributed by atoms with Gasteiger partial charge in [0.1, 0.15) is 47.7 Å². The van der Waals surface area contributed by atoms with Crippen LogP contribution in [0.4, 0.5) is 0 Å². The van der Waals surface area contributed by atoms with E-state index in [4.69, 9.17) is 34.4 Å². The third kappa shape index (κ3) is 24.3. The number of benzene rings is 4. The molecule has 2 aliphatic carbocycles. The maximum atomic E-state index is 12.9. The highest BCUT2D eigenvalue weighted by Gasteiger charge is 2.36. The molecule has 0 spiro atoms. The summed E-state index contributed by atoms with van der Waals surface area (Å²) in [7, 11) is -1.66. The van der Waals surface area contributed by atoms with Crippen molar-refractivity contribution in [3.05, 3.63) is 118 Å². The van der Waals surface area contributed by atoms with E-state index in [2.05, 4.69) is 39.9 Å². The molecule has 4 aromatic carbocycles. The van der Waals surface area contributed by atoms with Crippen LogP contribution in [0.5, 0.6) is 23.0 Å². The van der Waals surface area contributed by atoms with E-state index in [1.165, 1.54) is 70.3 Å². The van der Waals surface area contributed by atoms with Gasteiger partial charge in [0.15, 0.2) is 19.9 Å². The van der Waals surface area contributed by atoms with Crippen molar-refractivity contribution in [1.82, 2.24) is 4.90 Å². The minimum absolute atomic E-state index is 0.0110. The van der Waals surface area contributed by atoms with Crippen molar-refractivity contribution < 1.29 is 47.7 Å². The first-order valence-corrected chi connectivity index (χ1v) is 30.2. The van der Waals surface area contributed by atoms with Gasteiger partial charge in [-0.25, -0.2) is 0 Å². The molecule has 6 rings (SSSR count). The predicted molar refractivity (Wildman–Crippen MR) is 306 cm³/mol. The van der Waals surface area contributed by atoms with Crippen LogP contribution in [0.2, 0.25) is 18.1 Å². The summed E-state index contributed by atoms with van der Waals surface area (Å²) in [6.07, 6.45) is 14.7. The summed E-state index contributed by atoms with van der Waals surface area (Å²) in [5.74, 6) is 3.80. The number of carbonyl (C=O) groups is 4. The molecule has 77 heavy (non-hydrogen) atoms. The van der Waals surface area contributed by atoms with Gasteiger partial charge >= 0.3 is 0 Å². The molecule has 0 atom stereocenters. The van der Waals surface area contributed by atoms with Gasteiger partial charge in [-0.2, -0.15) is 10.5 Å². The number of Topliss-reactive ketones (excluding diaryl/α,β-unsaturated/α-hetero) is 2. The van der Waals surface area contributed by atoms with Crippen molar-refractivity contribution in [1.29, 1.82) is 10.5 Å². The number of rotatable bonds is 23. The fourth-order valence-electron chi connectivity index (χ4n) is 8.25. The molecule has 15 heteroatoms. The lowest BCUT2D eigenvalue weighted by Crippen LogP contribution is -2.41. The van der Waals surface area contributed by atoms with Gasteiger partial charge in [0.2, 0.25) is 0 Å². The van der Waals surface area contributed by atoms with Gasteiger partial charge in [0.05, 0.1) is 62.9 Å². The zero-order valence-corrected chi connectivity index (χ0v) is 48.3. The summed E-state index contributed by atoms with van der Waals surface area (Å²) in [6.45, 7) is 21.1. The normalized spacial score (nSPS) is 13.8. The molecule has 0 heterocycles. The van der Waals surface area contributed by atoms with E-state index >= 15 is 0 Å². The molecular formula is C62H86N4O10Si. The van der Waals surface area contributed by atoms with E-state index in [1.807, 2.05) is 75.1 Å². The molecular weight excluding hydrogens is 989 g/mol.